The fourth-order valence-corrected chi connectivity index (χ4v) is 8.67. The van der Waals surface area contributed by atoms with E-state index in [2.05, 4.69) is 36.1 Å². The number of fused-ring (bicyclic) bond motifs is 1. The van der Waals surface area contributed by atoms with Crippen LogP contribution in [0.1, 0.15) is 41.6 Å². The van der Waals surface area contributed by atoms with Gasteiger partial charge in [-0.3, -0.25) is 24.5 Å². The molecule has 4 N–H and O–H groups in total. The molecule has 17 heteroatoms. The van der Waals surface area contributed by atoms with Crippen LogP contribution in [0.25, 0.3) is 0 Å². The molecule has 15 nitrogen and oxygen atoms in total. The highest BCUT2D eigenvalue weighted by Gasteiger charge is 2.40. The average Bonchev–Trinajstić information content (AvgIpc) is 3.53. The van der Waals surface area contributed by atoms with Crippen molar-refractivity contribution in [2.24, 2.45) is 0 Å². The molecule has 57 heavy (non-hydrogen) atoms. The number of hydrogen-bond acceptors (Lipinski definition) is 12. The number of carbonyl (C=O) groups is 4. The van der Waals surface area contributed by atoms with Gasteiger partial charge in [0.25, 0.3) is 5.91 Å². The van der Waals surface area contributed by atoms with Gasteiger partial charge in [-0.1, -0.05) is 29.8 Å². The van der Waals surface area contributed by atoms with Gasteiger partial charge in [0, 0.05) is 86.0 Å². The van der Waals surface area contributed by atoms with E-state index in [1.807, 2.05) is 53.4 Å². The van der Waals surface area contributed by atoms with Crippen LogP contribution in [0, 0.1) is 0 Å². The van der Waals surface area contributed by atoms with Crippen molar-refractivity contribution in [2.45, 2.75) is 38.3 Å². The van der Waals surface area contributed by atoms with E-state index in [0.717, 1.165) is 16.9 Å². The number of anilines is 6. The SMILES string of the molecule is COc1cc(N2CCN(C(=O)CCCNc3cccc4c3CN(C3CCC(=O)NC3=O)C4=O)CC2)ccc1Nc1ncc(Cl)c(Nc2ccccc2P(C)(C)=O)n1. The number of benzene rings is 3. The number of carbonyl (C=O) groups excluding carboxylic acids is 4. The number of para-hydroxylation sites is 1. The Bertz CT molecular complexity index is 2260. The lowest BCUT2D eigenvalue weighted by Gasteiger charge is -2.36. The summed E-state index contributed by atoms with van der Waals surface area (Å²) in [6.07, 6.45) is 3.00. The highest BCUT2D eigenvalue weighted by Crippen LogP contribution is 2.39. The predicted octanol–water partition coefficient (Wildman–Crippen LogP) is 5.18. The lowest BCUT2D eigenvalue weighted by Crippen LogP contribution is -2.52. The molecule has 1 aromatic heterocycles. The molecule has 0 radical (unpaired) electrons. The number of imide groups is 1. The number of nitrogens with one attached hydrogen (secondary N) is 4. The molecule has 3 aliphatic rings. The Balaban J connectivity index is 0.897. The summed E-state index contributed by atoms with van der Waals surface area (Å²) < 4.78 is 18.6. The first-order valence-corrected chi connectivity index (χ1v) is 21.8. The minimum Gasteiger partial charge on any atom is -0.494 e. The first-order valence-electron chi connectivity index (χ1n) is 18.8. The van der Waals surface area contributed by atoms with Gasteiger partial charge >= 0.3 is 0 Å². The highest BCUT2D eigenvalue weighted by molar-refractivity contribution is 7.70. The maximum Gasteiger partial charge on any atom is 0.255 e. The van der Waals surface area contributed by atoms with Crippen LogP contribution in [0.2, 0.25) is 5.02 Å². The number of hydrogen-bond donors (Lipinski definition) is 4. The Morgan fingerprint density at radius 3 is 2.51 bits per heavy atom. The number of ether oxygens (including phenoxy) is 1. The Kier molecular flexibility index (Phi) is 11.7. The Morgan fingerprint density at radius 2 is 1.75 bits per heavy atom. The molecule has 0 aliphatic carbocycles. The van der Waals surface area contributed by atoms with E-state index < -0.39 is 19.1 Å². The lowest BCUT2D eigenvalue weighted by atomic mass is 10.0. The van der Waals surface area contributed by atoms with Gasteiger partial charge in [0.2, 0.25) is 23.7 Å². The summed E-state index contributed by atoms with van der Waals surface area (Å²) in [4.78, 5) is 65.0. The van der Waals surface area contributed by atoms with Gasteiger partial charge in [0.15, 0.2) is 5.82 Å². The van der Waals surface area contributed by atoms with Gasteiger partial charge in [-0.15, -0.1) is 0 Å². The minimum absolute atomic E-state index is 0.0878. The summed E-state index contributed by atoms with van der Waals surface area (Å²) in [5, 5.41) is 13.2. The molecule has 2 fully saturated rings. The zero-order chi connectivity index (χ0) is 40.3. The molecule has 3 aromatic carbocycles. The van der Waals surface area contributed by atoms with Crippen molar-refractivity contribution in [3.63, 3.8) is 0 Å². The largest absolute Gasteiger partial charge is 0.494 e. The van der Waals surface area contributed by atoms with Crippen molar-refractivity contribution in [3.8, 4) is 5.75 Å². The Morgan fingerprint density at radius 1 is 0.982 bits per heavy atom. The molecule has 0 saturated carbocycles. The molecule has 4 heterocycles. The molecular formula is C40H45ClN9O6P. The molecule has 1 atom stereocenters. The van der Waals surface area contributed by atoms with Crippen LogP contribution >= 0.6 is 18.7 Å². The van der Waals surface area contributed by atoms with E-state index in [1.54, 1.807) is 32.6 Å². The third-order valence-corrected chi connectivity index (χ3v) is 12.2. The Labute approximate surface area is 335 Å². The van der Waals surface area contributed by atoms with E-state index >= 15 is 0 Å². The standard InChI is InChI=1S/C40H45ClN9O6P/c1-56-33-22-25(13-14-30(33)45-40-43-23-28(41)37(47-40)44-31-9-4-5-11-34(31)57(2,3)55)48-18-20-49(21-19-48)36(52)12-7-17-42-29-10-6-8-26-27(29)24-50(39(26)54)32-15-16-35(51)46-38(32)53/h4-6,8-11,13-14,22-23,32,42H,7,12,15-21,24H2,1-3H3,(H,46,51,53)(H2,43,44,45,47). The van der Waals surface area contributed by atoms with Crippen LogP contribution in [-0.2, 0) is 25.5 Å². The van der Waals surface area contributed by atoms with E-state index in [1.165, 1.54) is 11.1 Å². The fourth-order valence-electron chi connectivity index (χ4n) is 7.38. The van der Waals surface area contributed by atoms with Crippen LogP contribution in [0.3, 0.4) is 0 Å². The molecule has 3 aliphatic heterocycles. The van der Waals surface area contributed by atoms with Crippen molar-refractivity contribution in [3.05, 3.63) is 83.0 Å². The first-order chi connectivity index (χ1) is 27.4. The molecule has 1 unspecified atom stereocenters. The van der Waals surface area contributed by atoms with Gasteiger partial charge in [-0.2, -0.15) is 4.98 Å². The number of rotatable bonds is 13. The lowest BCUT2D eigenvalue weighted by molar-refractivity contribution is -0.137. The predicted molar refractivity (Wildman–Crippen MR) is 221 cm³/mol. The third kappa shape index (κ3) is 8.84. The van der Waals surface area contributed by atoms with Gasteiger partial charge in [0.1, 0.15) is 24.0 Å². The number of halogens is 1. The van der Waals surface area contributed by atoms with E-state index in [9.17, 15) is 23.7 Å². The quantitative estimate of drug-likeness (QED) is 0.0792. The van der Waals surface area contributed by atoms with Crippen LogP contribution in [0.5, 0.6) is 5.75 Å². The first kappa shape index (κ1) is 39.6. The Hall–Kier alpha value is -5.66. The monoisotopic (exact) mass is 813 g/mol. The summed E-state index contributed by atoms with van der Waals surface area (Å²) >= 11 is 6.45. The second-order valence-electron chi connectivity index (χ2n) is 14.5. The summed E-state index contributed by atoms with van der Waals surface area (Å²) in [7, 11) is -0.973. The van der Waals surface area contributed by atoms with E-state index in [0.29, 0.717) is 96.8 Å². The van der Waals surface area contributed by atoms with Crippen LogP contribution in [0.4, 0.5) is 34.5 Å². The second kappa shape index (κ2) is 16.8. The summed E-state index contributed by atoms with van der Waals surface area (Å²) in [6, 6.07) is 18.0. The van der Waals surface area contributed by atoms with Gasteiger partial charge in [-0.05, 0) is 62.6 Å². The minimum atomic E-state index is -2.57. The molecule has 0 spiro atoms. The second-order valence-corrected chi connectivity index (χ2v) is 18.1. The van der Waals surface area contributed by atoms with Crippen molar-refractivity contribution in [1.82, 2.24) is 25.1 Å². The smallest absolute Gasteiger partial charge is 0.255 e. The van der Waals surface area contributed by atoms with Crippen LogP contribution < -0.4 is 36.2 Å². The maximum atomic E-state index is 13.2. The number of nitrogens with zero attached hydrogens (tertiary/aromatic N) is 5. The molecule has 2 saturated heterocycles. The van der Waals surface area contributed by atoms with Gasteiger partial charge in [0.05, 0.1) is 24.7 Å². The maximum absolute atomic E-state index is 13.2. The van der Waals surface area contributed by atoms with Gasteiger partial charge < -0.3 is 40.0 Å². The van der Waals surface area contributed by atoms with Crippen LogP contribution in [-0.4, -0.2) is 103 Å². The highest BCUT2D eigenvalue weighted by atomic mass is 35.5. The molecule has 4 aromatic rings. The number of piperidine rings is 1. The topological polar surface area (TPSA) is 178 Å². The number of amides is 4. The molecule has 4 amide bonds. The van der Waals surface area contributed by atoms with E-state index in [4.69, 9.17) is 16.3 Å². The molecular weight excluding hydrogens is 769 g/mol. The molecule has 7 rings (SSSR count). The average molecular weight is 814 g/mol. The summed E-state index contributed by atoms with van der Waals surface area (Å²) in [5.41, 5.74) is 4.44. The molecule has 0 bridgehead atoms. The number of methoxy groups -OCH3 is 1. The van der Waals surface area contributed by atoms with Gasteiger partial charge in [-0.25, -0.2) is 4.98 Å². The zero-order valence-corrected chi connectivity index (χ0v) is 33.7. The van der Waals surface area contributed by atoms with E-state index in [-0.39, 0.29) is 30.7 Å². The summed E-state index contributed by atoms with van der Waals surface area (Å²) in [5.74, 6) is 0.365. The van der Waals surface area contributed by atoms with Crippen molar-refractivity contribution in [1.29, 1.82) is 0 Å². The van der Waals surface area contributed by atoms with Crippen molar-refractivity contribution >= 4 is 82.2 Å². The number of piperazine rings is 1. The third-order valence-electron chi connectivity index (χ3n) is 10.4. The normalized spacial score (nSPS) is 16.9. The fraction of sp³-hybridized carbons (Fsp3) is 0.350. The summed E-state index contributed by atoms with van der Waals surface area (Å²) in [6.45, 7) is 6.75. The zero-order valence-electron chi connectivity index (χ0n) is 32.0. The van der Waals surface area contributed by atoms with Crippen LogP contribution in [0.15, 0.2) is 66.9 Å². The molecule has 298 valence electrons. The number of aromatic nitrogens is 2. The van der Waals surface area contributed by atoms with Crippen molar-refractivity contribution < 1.29 is 28.5 Å². The van der Waals surface area contributed by atoms with Crippen molar-refractivity contribution in [2.75, 3.05) is 74.0 Å².